The van der Waals surface area contributed by atoms with E-state index in [2.05, 4.69) is 9.97 Å². The van der Waals surface area contributed by atoms with E-state index in [4.69, 9.17) is 4.74 Å². The molecule has 1 aliphatic rings. The molecule has 0 spiro atoms. The van der Waals surface area contributed by atoms with Gasteiger partial charge in [0.05, 0.1) is 18.7 Å². The van der Waals surface area contributed by atoms with Gasteiger partial charge in [-0.3, -0.25) is 4.79 Å². The quantitative estimate of drug-likeness (QED) is 0.698. The summed E-state index contributed by atoms with van der Waals surface area (Å²) in [6.45, 7) is 6.53. The summed E-state index contributed by atoms with van der Waals surface area (Å²) in [7, 11) is 0. The van der Waals surface area contributed by atoms with E-state index in [9.17, 15) is 18.4 Å². The Labute approximate surface area is 174 Å². The van der Waals surface area contributed by atoms with Crippen LogP contribution in [0.5, 0.6) is 0 Å². The van der Waals surface area contributed by atoms with Crippen molar-refractivity contribution in [1.29, 1.82) is 0 Å². The molecule has 0 unspecified atom stereocenters. The Balaban J connectivity index is 1.75. The van der Waals surface area contributed by atoms with Crippen LogP contribution in [0.3, 0.4) is 0 Å². The smallest absolute Gasteiger partial charge is 0.341 e. The van der Waals surface area contributed by atoms with Crippen LogP contribution in [0.1, 0.15) is 54.1 Å². The molecule has 2 aromatic rings. The topological polar surface area (TPSA) is 72.4 Å². The first-order valence-electron chi connectivity index (χ1n) is 9.97. The lowest BCUT2D eigenvalue weighted by Crippen LogP contribution is -2.45. The van der Waals surface area contributed by atoms with Crippen LogP contribution in [0.2, 0.25) is 0 Å². The van der Waals surface area contributed by atoms with Crippen molar-refractivity contribution < 1.29 is 23.1 Å². The van der Waals surface area contributed by atoms with Crippen molar-refractivity contribution >= 4 is 11.9 Å². The Kier molecular flexibility index (Phi) is 6.43. The normalized spacial score (nSPS) is 15.7. The maximum absolute atomic E-state index is 13.9. The van der Waals surface area contributed by atoms with Gasteiger partial charge in [-0.1, -0.05) is 13.0 Å². The Bertz CT molecular complexity index is 936. The highest BCUT2D eigenvalue weighted by atomic mass is 19.1. The summed E-state index contributed by atoms with van der Waals surface area (Å²) in [6.07, 6.45) is 2.28. The number of piperidine rings is 1. The summed E-state index contributed by atoms with van der Waals surface area (Å²) >= 11 is 0. The molecule has 1 aromatic heterocycles. The Morgan fingerprint density at radius 2 is 1.83 bits per heavy atom. The van der Waals surface area contributed by atoms with Gasteiger partial charge in [-0.15, -0.1) is 0 Å². The first-order valence-corrected chi connectivity index (χ1v) is 9.97. The van der Waals surface area contributed by atoms with Crippen molar-refractivity contribution in [2.45, 2.75) is 45.4 Å². The third kappa shape index (κ3) is 4.47. The molecule has 1 amide bonds. The predicted molar refractivity (Wildman–Crippen MR) is 106 cm³/mol. The van der Waals surface area contributed by atoms with Crippen LogP contribution in [-0.2, 0) is 21.4 Å². The number of rotatable bonds is 5. The minimum atomic E-state index is -0.722. The van der Waals surface area contributed by atoms with Gasteiger partial charge >= 0.3 is 5.97 Å². The minimum absolute atomic E-state index is 0.216. The number of nitrogens with zero attached hydrogens (tertiary/aromatic N) is 3. The lowest BCUT2D eigenvalue weighted by Gasteiger charge is -2.39. The van der Waals surface area contributed by atoms with Crippen LogP contribution in [-0.4, -0.2) is 46.4 Å². The zero-order valence-corrected chi connectivity index (χ0v) is 17.4. The summed E-state index contributed by atoms with van der Waals surface area (Å²) in [6, 6.07) is 3.57. The lowest BCUT2D eigenvalue weighted by molar-refractivity contribution is -0.132. The average molecular weight is 417 g/mol. The summed E-state index contributed by atoms with van der Waals surface area (Å²) in [5.74, 6) is -1.69. The van der Waals surface area contributed by atoms with Gasteiger partial charge in [0, 0.05) is 30.3 Å². The number of halogens is 2. The lowest BCUT2D eigenvalue weighted by atomic mass is 9.75. The van der Waals surface area contributed by atoms with E-state index in [1.54, 1.807) is 18.7 Å². The maximum atomic E-state index is 13.9. The van der Waals surface area contributed by atoms with Crippen molar-refractivity contribution in [3.63, 3.8) is 0 Å². The third-order valence-electron chi connectivity index (χ3n) is 5.59. The largest absolute Gasteiger partial charge is 0.462 e. The fourth-order valence-corrected chi connectivity index (χ4v) is 3.74. The summed E-state index contributed by atoms with van der Waals surface area (Å²) in [4.78, 5) is 35.2. The fourth-order valence-electron chi connectivity index (χ4n) is 3.74. The highest BCUT2D eigenvalue weighted by Gasteiger charge is 2.38. The van der Waals surface area contributed by atoms with E-state index in [0.717, 1.165) is 12.1 Å². The summed E-state index contributed by atoms with van der Waals surface area (Å²) in [5, 5.41) is 0. The zero-order chi connectivity index (χ0) is 21.9. The van der Waals surface area contributed by atoms with E-state index < -0.39 is 23.0 Å². The molecule has 0 saturated carbocycles. The number of benzene rings is 1. The van der Waals surface area contributed by atoms with Crippen LogP contribution in [0.25, 0.3) is 0 Å². The van der Waals surface area contributed by atoms with Crippen LogP contribution in [0.4, 0.5) is 8.78 Å². The highest BCUT2D eigenvalue weighted by molar-refractivity contribution is 5.90. The molecule has 160 valence electrons. The molecule has 2 heterocycles. The number of amides is 1. The average Bonchev–Trinajstić information content (AvgIpc) is 2.71. The number of carbonyl (C=O) groups excluding carboxylic acids is 2. The van der Waals surface area contributed by atoms with Gasteiger partial charge < -0.3 is 9.64 Å². The van der Waals surface area contributed by atoms with Crippen molar-refractivity contribution in [3.8, 4) is 0 Å². The van der Waals surface area contributed by atoms with Crippen molar-refractivity contribution in [2.24, 2.45) is 0 Å². The Morgan fingerprint density at radius 3 is 2.43 bits per heavy atom. The number of ether oxygens (including phenoxy) is 1. The number of esters is 1. The number of hydrogen-bond donors (Lipinski definition) is 0. The second-order valence-electron chi connectivity index (χ2n) is 7.72. The molecule has 1 fully saturated rings. The maximum Gasteiger partial charge on any atom is 0.341 e. The van der Waals surface area contributed by atoms with E-state index in [-0.39, 0.29) is 24.5 Å². The third-order valence-corrected chi connectivity index (χ3v) is 5.59. The van der Waals surface area contributed by atoms with Crippen molar-refractivity contribution in [2.75, 3.05) is 19.7 Å². The number of likely N-dealkylation sites (tertiary alicyclic amines) is 1. The molecule has 30 heavy (non-hydrogen) atoms. The highest BCUT2D eigenvalue weighted by Crippen LogP contribution is 2.36. The summed E-state index contributed by atoms with van der Waals surface area (Å²) < 4.78 is 32.9. The van der Waals surface area contributed by atoms with Crippen molar-refractivity contribution in [1.82, 2.24) is 14.9 Å². The van der Waals surface area contributed by atoms with Gasteiger partial charge in [-0.25, -0.2) is 23.5 Å². The van der Waals surface area contributed by atoms with Crippen LogP contribution >= 0.6 is 0 Å². The van der Waals surface area contributed by atoms with Gasteiger partial charge in [0.1, 0.15) is 23.0 Å². The molecule has 0 radical (unpaired) electrons. The zero-order valence-electron chi connectivity index (χ0n) is 17.4. The van der Waals surface area contributed by atoms with Crippen LogP contribution < -0.4 is 0 Å². The van der Waals surface area contributed by atoms with Gasteiger partial charge in [-0.05, 0) is 38.8 Å². The molecule has 1 aromatic carbocycles. The fraction of sp³-hybridized carbons (Fsp3) is 0.455. The second kappa shape index (κ2) is 8.85. The van der Waals surface area contributed by atoms with Crippen LogP contribution in [0, 0.1) is 18.6 Å². The molecule has 0 atom stereocenters. The second-order valence-corrected chi connectivity index (χ2v) is 7.72. The first-order chi connectivity index (χ1) is 14.2. The molecule has 1 saturated heterocycles. The predicted octanol–water partition coefficient (Wildman–Crippen LogP) is 3.36. The molecule has 0 N–H and O–H groups in total. The van der Waals surface area contributed by atoms with E-state index in [1.165, 1.54) is 12.3 Å². The molecule has 0 aliphatic carbocycles. The Morgan fingerprint density at radius 1 is 1.20 bits per heavy atom. The van der Waals surface area contributed by atoms with Gasteiger partial charge in [0.15, 0.2) is 0 Å². The van der Waals surface area contributed by atoms with E-state index in [0.29, 0.717) is 43.0 Å². The molecule has 8 heteroatoms. The molecule has 1 aliphatic heterocycles. The molecular weight excluding hydrogens is 392 g/mol. The van der Waals surface area contributed by atoms with Gasteiger partial charge in [0.25, 0.3) is 0 Å². The van der Waals surface area contributed by atoms with Crippen LogP contribution in [0.15, 0.2) is 24.4 Å². The molecular formula is C22H25F2N3O3. The minimum Gasteiger partial charge on any atom is -0.462 e. The SMILES string of the molecule is CCOC(=O)c1cnc(C)nc1C1(C)CCN(C(=O)Cc2c(F)cccc2F)CC1. The number of aromatic nitrogens is 2. The van der Waals surface area contributed by atoms with E-state index in [1.807, 2.05) is 6.92 Å². The monoisotopic (exact) mass is 417 g/mol. The molecule has 0 bridgehead atoms. The number of hydrogen-bond acceptors (Lipinski definition) is 5. The number of carbonyl (C=O) groups is 2. The summed E-state index contributed by atoms with van der Waals surface area (Å²) in [5.41, 5.74) is 0.279. The molecule has 3 rings (SSSR count). The molecule has 6 nitrogen and oxygen atoms in total. The van der Waals surface area contributed by atoms with E-state index >= 15 is 0 Å². The standard InChI is InChI=1S/C22H25F2N3O3/c1-4-30-21(29)16-13-25-14(2)26-20(16)22(3)8-10-27(11-9-22)19(28)12-15-17(23)6-5-7-18(15)24/h5-7,13H,4,8-12H2,1-3H3. The number of aryl methyl sites for hydroxylation is 1. The van der Waals surface area contributed by atoms with Crippen molar-refractivity contribution in [3.05, 3.63) is 58.7 Å². The Hall–Kier alpha value is -2.90. The van der Waals surface area contributed by atoms with Gasteiger partial charge in [-0.2, -0.15) is 0 Å². The van der Waals surface area contributed by atoms with Gasteiger partial charge in [0.2, 0.25) is 5.91 Å². The first kappa shape index (κ1) is 21.8.